The Kier molecular flexibility index (Phi) is 3.65. The molecule has 3 rings (SSSR count). The molecule has 3 nitrogen and oxygen atoms in total. The minimum absolute atomic E-state index is 0.0345. The van der Waals surface area contributed by atoms with Gasteiger partial charge in [0.05, 0.1) is 5.92 Å². The Labute approximate surface area is 124 Å². The number of benzene rings is 2. The number of rotatable bonds is 2. The largest absolute Gasteiger partial charge is 0.508 e. The molecule has 3 heteroatoms. The first-order valence-electron chi connectivity index (χ1n) is 7.33. The standard InChI is InChI=1S/C18H19NO2/c1-12-11-14(9-10-17(12)20)19-18(21)16-8-4-6-13-5-2-3-7-15(13)16/h2-3,5,7,9-11,16,20H,4,6,8H2,1H3,(H,19,21). The Morgan fingerprint density at radius 2 is 2.05 bits per heavy atom. The predicted octanol–water partition coefficient (Wildman–Crippen LogP) is 3.76. The highest BCUT2D eigenvalue weighted by molar-refractivity contribution is 5.96. The molecular weight excluding hydrogens is 262 g/mol. The topological polar surface area (TPSA) is 49.3 Å². The SMILES string of the molecule is Cc1cc(NC(=O)C2CCCc3ccccc32)ccc1O. The zero-order valence-corrected chi connectivity index (χ0v) is 12.1. The predicted molar refractivity (Wildman–Crippen MR) is 83.6 cm³/mol. The van der Waals surface area contributed by atoms with E-state index in [0.717, 1.165) is 36.1 Å². The minimum Gasteiger partial charge on any atom is -0.508 e. The number of carbonyl (C=O) groups excluding carboxylic acids is 1. The van der Waals surface area contributed by atoms with Gasteiger partial charge < -0.3 is 10.4 Å². The van der Waals surface area contributed by atoms with Gasteiger partial charge in [0.2, 0.25) is 5.91 Å². The van der Waals surface area contributed by atoms with E-state index in [1.807, 2.05) is 19.1 Å². The summed E-state index contributed by atoms with van der Waals surface area (Å²) in [5.41, 5.74) is 3.93. The van der Waals surface area contributed by atoms with Gasteiger partial charge in [-0.05, 0) is 61.1 Å². The molecule has 1 atom stereocenters. The van der Waals surface area contributed by atoms with Gasteiger partial charge in [-0.1, -0.05) is 24.3 Å². The fourth-order valence-corrected chi connectivity index (χ4v) is 2.99. The monoisotopic (exact) mass is 281 g/mol. The Morgan fingerprint density at radius 3 is 2.86 bits per heavy atom. The first kappa shape index (κ1) is 13.7. The molecule has 1 aliphatic rings. The molecule has 0 heterocycles. The molecule has 0 bridgehead atoms. The third kappa shape index (κ3) is 2.77. The van der Waals surface area contributed by atoms with E-state index in [4.69, 9.17) is 0 Å². The number of hydrogen-bond acceptors (Lipinski definition) is 2. The van der Waals surface area contributed by atoms with E-state index in [2.05, 4.69) is 17.4 Å². The number of amides is 1. The van der Waals surface area contributed by atoms with Crippen LogP contribution >= 0.6 is 0 Å². The minimum atomic E-state index is -0.0796. The molecule has 1 amide bonds. The molecule has 108 valence electrons. The Bertz CT molecular complexity index is 679. The number of carbonyl (C=O) groups is 1. The van der Waals surface area contributed by atoms with Crippen molar-refractivity contribution in [2.75, 3.05) is 5.32 Å². The molecule has 0 aliphatic heterocycles. The zero-order chi connectivity index (χ0) is 14.8. The first-order chi connectivity index (χ1) is 10.1. The van der Waals surface area contributed by atoms with E-state index in [9.17, 15) is 9.90 Å². The van der Waals surface area contributed by atoms with Crippen molar-refractivity contribution in [2.24, 2.45) is 0 Å². The normalized spacial score (nSPS) is 17.1. The van der Waals surface area contributed by atoms with E-state index in [1.54, 1.807) is 18.2 Å². The van der Waals surface area contributed by atoms with Crippen LogP contribution in [-0.2, 0) is 11.2 Å². The van der Waals surface area contributed by atoms with E-state index in [0.29, 0.717) is 0 Å². The average Bonchev–Trinajstić information content (AvgIpc) is 2.50. The van der Waals surface area contributed by atoms with Gasteiger partial charge in [-0.15, -0.1) is 0 Å². The van der Waals surface area contributed by atoms with Crippen LogP contribution in [0.2, 0.25) is 0 Å². The number of nitrogens with one attached hydrogen (secondary N) is 1. The van der Waals surface area contributed by atoms with Crippen molar-refractivity contribution in [3.05, 3.63) is 59.2 Å². The van der Waals surface area contributed by atoms with Crippen LogP contribution in [0.1, 0.15) is 35.4 Å². The van der Waals surface area contributed by atoms with Gasteiger partial charge in [0, 0.05) is 5.69 Å². The molecule has 1 aliphatic carbocycles. The number of fused-ring (bicyclic) bond motifs is 1. The molecule has 2 N–H and O–H groups in total. The van der Waals surface area contributed by atoms with Gasteiger partial charge >= 0.3 is 0 Å². The Morgan fingerprint density at radius 1 is 1.24 bits per heavy atom. The van der Waals surface area contributed by atoms with Crippen LogP contribution in [0.25, 0.3) is 0 Å². The van der Waals surface area contributed by atoms with Gasteiger partial charge in [0.25, 0.3) is 0 Å². The van der Waals surface area contributed by atoms with Crippen LogP contribution in [0.4, 0.5) is 5.69 Å². The molecular formula is C18H19NO2. The molecule has 0 fully saturated rings. The van der Waals surface area contributed by atoms with E-state index in [-0.39, 0.29) is 17.6 Å². The highest BCUT2D eigenvalue weighted by atomic mass is 16.3. The lowest BCUT2D eigenvalue weighted by Crippen LogP contribution is -2.24. The second-order valence-corrected chi connectivity index (χ2v) is 5.63. The number of aromatic hydroxyl groups is 1. The summed E-state index contributed by atoms with van der Waals surface area (Å²) in [4.78, 5) is 12.6. The molecule has 2 aromatic rings. The summed E-state index contributed by atoms with van der Waals surface area (Å²) in [5, 5.41) is 12.5. The van der Waals surface area contributed by atoms with Crippen molar-refractivity contribution < 1.29 is 9.90 Å². The second kappa shape index (κ2) is 5.60. The van der Waals surface area contributed by atoms with Crippen molar-refractivity contribution in [2.45, 2.75) is 32.1 Å². The van der Waals surface area contributed by atoms with Crippen molar-refractivity contribution >= 4 is 11.6 Å². The molecule has 0 aromatic heterocycles. The Balaban J connectivity index is 1.81. The van der Waals surface area contributed by atoms with E-state index < -0.39 is 0 Å². The third-order valence-corrected chi connectivity index (χ3v) is 4.15. The molecule has 2 aromatic carbocycles. The molecule has 0 radical (unpaired) electrons. The molecule has 0 saturated heterocycles. The van der Waals surface area contributed by atoms with Crippen molar-refractivity contribution in [3.8, 4) is 5.75 Å². The van der Waals surface area contributed by atoms with Crippen LogP contribution in [0, 0.1) is 6.92 Å². The van der Waals surface area contributed by atoms with Crippen LogP contribution < -0.4 is 5.32 Å². The summed E-state index contributed by atoms with van der Waals surface area (Å²) in [6.07, 6.45) is 2.99. The molecule has 0 saturated carbocycles. The van der Waals surface area contributed by atoms with E-state index >= 15 is 0 Å². The number of phenols is 1. The molecule has 0 spiro atoms. The first-order valence-corrected chi connectivity index (χ1v) is 7.33. The second-order valence-electron chi connectivity index (χ2n) is 5.63. The highest BCUT2D eigenvalue weighted by Crippen LogP contribution is 2.32. The summed E-state index contributed by atoms with van der Waals surface area (Å²) in [6, 6.07) is 13.3. The maximum Gasteiger partial charge on any atom is 0.231 e. The van der Waals surface area contributed by atoms with Gasteiger partial charge in [-0.25, -0.2) is 0 Å². The van der Waals surface area contributed by atoms with Crippen LogP contribution in [0.15, 0.2) is 42.5 Å². The quantitative estimate of drug-likeness (QED) is 0.823. The fourth-order valence-electron chi connectivity index (χ4n) is 2.99. The van der Waals surface area contributed by atoms with Gasteiger partial charge in [-0.3, -0.25) is 4.79 Å². The maximum absolute atomic E-state index is 12.6. The molecule has 21 heavy (non-hydrogen) atoms. The van der Waals surface area contributed by atoms with Gasteiger partial charge in [-0.2, -0.15) is 0 Å². The van der Waals surface area contributed by atoms with Crippen LogP contribution in [0.3, 0.4) is 0 Å². The number of anilines is 1. The lowest BCUT2D eigenvalue weighted by molar-refractivity contribution is -0.117. The smallest absolute Gasteiger partial charge is 0.231 e. The third-order valence-electron chi connectivity index (χ3n) is 4.15. The number of phenolic OH excluding ortho intramolecular Hbond substituents is 1. The summed E-state index contributed by atoms with van der Waals surface area (Å²) in [6.45, 7) is 1.82. The van der Waals surface area contributed by atoms with Crippen LogP contribution in [-0.4, -0.2) is 11.0 Å². The lowest BCUT2D eigenvalue weighted by atomic mass is 9.82. The van der Waals surface area contributed by atoms with Crippen LogP contribution in [0.5, 0.6) is 5.75 Å². The zero-order valence-electron chi connectivity index (χ0n) is 12.1. The van der Waals surface area contributed by atoms with Crippen molar-refractivity contribution in [1.29, 1.82) is 0 Å². The van der Waals surface area contributed by atoms with Gasteiger partial charge in [0.1, 0.15) is 5.75 Å². The summed E-state index contributed by atoms with van der Waals surface area (Å²) >= 11 is 0. The highest BCUT2D eigenvalue weighted by Gasteiger charge is 2.26. The summed E-state index contributed by atoms with van der Waals surface area (Å²) < 4.78 is 0. The maximum atomic E-state index is 12.6. The summed E-state index contributed by atoms with van der Waals surface area (Å²) in [5.74, 6) is 0.201. The van der Waals surface area contributed by atoms with E-state index in [1.165, 1.54) is 5.56 Å². The number of aryl methyl sites for hydroxylation is 2. The van der Waals surface area contributed by atoms with Crippen molar-refractivity contribution in [1.82, 2.24) is 0 Å². The number of hydrogen-bond donors (Lipinski definition) is 2. The van der Waals surface area contributed by atoms with Gasteiger partial charge in [0.15, 0.2) is 0 Å². The average molecular weight is 281 g/mol. The Hall–Kier alpha value is -2.29. The summed E-state index contributed by atoms with van der Waals surface area (Å²) in [7, 11) is 0. The lowest BCUT2D eigenvalue weighted by Gasteiger charge is -2.24. The molecule has 1 unspecified atom stereocenters. The fraction of sp³-hybridized carbons (Fsp3) is 0.278. The van der Waals surface area contributed by atoms with Crippen molar-refractivity contribution in [3.63, 3.8) is 0 Å².